The molecule has 106 valence electrons. The number of carbonyl (C=O) groups is 1. The number of amides is 1. The minimum atomic E-state index is -0.827. The van der Waals surface area contributed by atoms with Gasteiger partial charge in [-0.15, -0.1) is 11.3 Å². The van der Waals surface area contributed by atoms with Crippen LogP contribution >= 0.6 is 11.3 Å². The zero-order valence-electron chi connectivity index (χ0n) is 12.2. The molecule has 19 heavy (non-hydrogen) atoms. The van der Waals surface area contributed by atoms with Gasteiger partial charge in [0, 0.05) is 11.4 Å². The summed E-state index contributed by atoms with van der Waals surface area (Å²) in [7, 11) is 0. The van der Waals surface area contributed by atoms with Crippen LogP contribution in [0.1, 0.15) is 53.7 Å². The van der Waals surface area contributed by atoms with Gasteiger partial charge in [0.2, 0.25) is 0 Å². The van der Waals surface area contributed by atoms with Gasteiger partial charge in [0.05, 0.1) is 16.5 Å². The third-order valence-electron chi connectivity index (χ3n) is 3.88. The Morgan fingerprint density at radius 3 is 2.79 bits per heavy atom. The molecule has 1 aromatic rings. The number of rotatable bonds is 3. The first-order chi connectivity index (χ1) is 8.84. The van der Waals surface area contributed by atoms with Gasteiger partial charge in [-0.05, 0) is 51.7 Å². The fraction of sp³-hybridized carbons (Fsp3) is 0.667. The number of likely N-dealkylation sites (tertiary alicyclic amines) is 1. The first-order valence-electron chi connectivity index (χ1n) is 6.97. The summed E-state index contributed by atoms with van der Waals surface area (Å²) in [5, 5.41) is 10.2. The zero-order valence-corrected chi connectivity index (χ0v) is 13.0. The molecule has 0 spiro atoms. The van der Waals surface area contributed by atoms with E-state index in [9.17, 15) is 9.90 Å². The Kier molecular flexibility index (Phi) is 4.02. The van der Waals surface area contributed by atoms with Crippen LogP contribution in [0.3, 0.4) is 0 Å². The van der Waals surface area contributed by atoms with Gasteiger partial charge in [-0.2, -0.15) is 0 Å². The Bertz CT molecular complexity index is 473. The molecule has 1 unspecified atom stereocenters. The molecular weight excluding hydrogens is 258 g/mol. The summed E-state index contributed by atoms with van der Waals surface area (Å²) in [6.07, 6.45) is 2.84. The van der Waals surface area contributed by atoms with Gasteiger partial charge in [0.15, 0.2) is 0 Å². The molecule has 1 aromatic heterocycles. The van der Waals surface area contributed by atoms with E-state index in [1.54, 1.807) is 25.2 Å². The standard InChI is InChI=1S/C15H23NO2S/c1-5-11-10(2)9-12(19-11)14(17)16-8-6-7-13(16)15(3,4)18/h9,13,18H,5-8H2,1-4H3. The molecule has 0 aliphatic carbocycles. The van der Waals surface area contributed by atoms with Crippen LogP contribution < -0.4 is 0 Å². The summed E-state index contributed by atoms with van der Waals surface area (Å²) < 4.78 is 0. The monoisotopic (exact) mass is 281 g/mol. The highest BCUT2D eigenvalue weighted by atomic mass is 32.1. The van der Waals surface area contributed by atoms with E-state index in [1.165, 1.54) is 10.4 Å². The molecule has 2 heterocycles. The molecule has 1 aliphatic heterocycles. The van der Waals surface area contributed by atoms with Gasteiger partial charge in [0.1, 0.15) is 0 Å². The van der Waals surface area contributed by atoms with Crippen LogP contribution in [-0.4, -0.2) is 34.1 Å². The van der Waals surface area contributed by atoms with E-state index in [0.717, 1.165) is 30.7 Å². The third kappa shape index (κ3) is 2.84. The molecular formula is C15H23NO2S. The van der Waals surface area contributed by atoms with Crippen molar-refractivity contribution in [3.63, 3.8) is 0 Å². The Morgan fingerprint density at radius 2 is 2.26 bits per heavy atom. The van der Waals surface area contributed by atoms with E-state index in [4.69, 9.17) is 0 Å². The summed E-state index contributed by atoms with van der Waals surface area (Å²) in [5.74, 6) is 0.0809. The lowest BCUT2D eigenvalue weighted by Crippen LogP contribution is -2.48. The number of hydrogen-bond acceptors (Lipinski definition) is 3. The highest BCUT2D eigenvalue weighted by molar-refractivity contribution is 7.14. The van der Waals surface area contributed by atoms with E-state index >= 15 is 0 Å². The first kappa shape index (κ1) is 14.5. The van der Waals surface area contributed by atoms with Crippen LogP contribution in [-0.2, 0) is 6.42 Å². The van der Waals surface area contributed by atoms with Gasteiger partial charge in [-0.1, -0.05) is 6.92 Å². The fourth-order valence-electron chi connectivity index (χ4n) is 2.86. The lowest BCUT2D eigenvalue weighted by molar-refractivity contribution is 0.000519. The average molecular weight is 281 g/mol. The molecule has 4 heteroatoms. The lowest BCUT2D eigenvalue weighted by Gasteiger charge is -2.33. The third-order valence-corrected chi connectivity index (χ3v) is 5.25. The molecule has 1 aliphatic rings. The molecule has 0 radical (unpaired) electrons. The summed E-state index contributed by atoms with van der Waals surface area (Å²) in [6.45, 7) is 8.51. The molecule has 0 bridgehead atoms. The summed E-state index contributed by atoms with van der Waals surface area (Å²) >= 11 is 1.59. The predicted molar refractivity (Wildman–Crippen MR) is 78.8 cm³/mol. The molecule has 0 aromatic carbocycles. The molecule has 1 N–H and O–H groups in total. The number of nitrogens with zero attached hydrogens (tertiary/aromatic N) is 1. The second-order valence-corrected chi connectivity index (χ2v) is 7.02. The van der Waals surface area contributed by atoms with Crippen molar-refractivity contribution < 1.29 is 9.90 Å². The summed E-state index contributed by atoms with van der Waals surface area (Å²) in [6, 6.07) is 1.93. The van der Waals surface area contributed by atoms with Crippen LogP contribution in [0.25, 0.3) is 0 Å². The van der Waals surface area contributed by atoms with Crippen molar-refractivity contribution in [2.45, 2.75) is 58.6 Å². The highest BCUT2D eigenvalue weighted by Gasteiger charge is 2.39. The van der Waals surface area contributed by atoms with E-state index in [1.807, 2.05) is 11.0 Å². The van der Waals surface area contributed by atoms with E-state index in [2.05, 4.69) is 13.8 Å². The normalized spacial score (nSPS) is 20.1. The first-order valence-corrected chi connectivity index (χ1v) is 7.79. The van der Waals surface area contributed by atoms with Gasteiger partial charge in [-0.25, -0.2) is 0 Å². The number of carbonyl (C=O) groups excluding carboxylic acids is 1. The van der Waals surface area contributed by atoms with E-state index in [0.29, 0.717) is 0 Å². The Hall–Kier alpha value is -0.870. The minimum Gasteiger partial charge on any atom is -0.388 e. The van der Waals surface area contributed by atoms with Crippen molar-refractivity contribution in [3.8, 4) is 0 Å². The Labute approximate surface area is 119 Å². The van der Waals surface area contributed by atoms with Crippen LogP contribution in [0, 0.1) is 6.92 Å². The van der Waals surface area contributed by atoms with Crippen LogP contribution in [0.2, 0.25) is 0 Å². The SMILES string of the molecule is CCc1sc(C(=O)N2CCCC2C(C)(C)O)cc1C. The van der Waals surface area contributed by atoms with Crippen LogP contribution in [0.15, 0.2) is 6.07 Å². The number of thiophene rings is 1. The predicted octanol–water partition coefficient (Wildman–Crippen LogP) is 2.99. The van der Waals surface area contributed by atoms with Gasteiger partial charge in [0.25, 0.3) is 5.91 Å². The maximum absolute atomic E-state index is 12.6. The van der Waals surface area contributed by atoms with Crippen molar-refractivity contribution in [1.29, 1.82) is 0 Å². The van der Waals surface area contributed by atoms with E-state index in [-0.39, 0.29) is 11.9 Å². The molecule has 1 atom stereocenters. The average Bonchev–Trinajstić information content (AvgIpc) is 2.93. The number of aliphatic hydroxyl groups is 1. The van der Waals surface area contributed by atoms with E-state index < -0.39 is 5.60 Å². The summed E-state index contributed by atoms with van der Waals surface area (Å²) in [4.78, 5) is 16.6. The molecule has 1 amide bonds. The molecule has 1 fully saturated rings. The Morgan fingerprint density at radius 1 is 1.58 bits per heavy atom. The van der Waals surface area contributed by atoms with Crippen molar-refractivity contribution in [2.24, 2.45) is 0 Å². The quantitative estimate of drug-likeness (QED) is 0.925. The molecule has 2 rings (SSSR count). The van der Waals surface area contributed by atoms with Crippen LogP contribution in [0.5, 0.6) is 0 Å². The number of aryl methyl sites for hydroxylation is 2. The minimum absolute atomic E-state index is 0.0625. The van der Waals surface area contributed by atoms with Crippen molar-refractivity contribution in [2.75, 3.05) is 6.54 Å². The molecule has 1 saturated heterocycles. The largest absolute Gasteiger partial charge is 0.388 e. The molecule has 0 saturated carbocycles. The fourth-order valence-corrected chi connectivity index (χ4v) is 3.93. The topological polar surface area (TPSA) is 40.5 Å². The van der Waals surface area contributed by atoms with Gasteiger partial charge >= 0.3 is 0 Å². The number of hydrogen-bond donors (Lipinski definition) is 1. The lowest BCUT2D eigenvalue weighted by atomic mass is 9.96. The second-order valence-electron chi connectivity index (χ2n) is 5.88. The zero-order chi connectivity index (χ0) is 14.2. The van der Waals surface area contributed by atoms with Crippen LogP contribution in [0.4, 0.5) is 0 Å². The van der Waals surface area contributed by atoms with Crippen molar-refractivity contribution in [3.05, 3.63) is 21.4 Å². The summed E-state index contributed by atoms with van der Waals surface area (Å²) in [5.41, 5.74) is 0.376. The Balaban J connectivity index is 2.23. The van der Waals surface area contributed by atoms with Crippen molar-refractivity contribution in [1.82, 2.24) is 4.90 Å². The highest BCUT2D eigenvalue weighted by Crippen LogP contribution is 2.31. The van der Waals surface area contributed by atoms with Crippen molar-refractivity contribution >= 4 is 17.2 Å². The molecule has 3 nitrogen and oxygen atoms in total. The second kappa shape index (κ2) is 5.25. The van der Waals surface area contributed by atoms with Gasteiger partial charge in [-0.3, -0.25) is 4.79 Å². The van der Waals surface area contributed by atoms with Gasteiger partial charge < -0.3 is 10.0 Å². The smallest absolute Gasteiger partial charge is 0.264 e. The maximum Gasteiger partial charge on any atom is 0.264 e. The maximum atomic E-state index is 12.6.